The number of amides is 1. The van der Waals surface area contributed by atoms with Gasteiger partial charge in [-0.2, -0.15) is 5.10 Å². The zero-order valence-corrected chi connectivity index (χ0v) is 14.8. The van der Waals surface area contributed by atoms with Gasteiger partial charge in [0.25, 0.3) is 0 Å². The summed E-state index contributed by atoms with van der Waals surface area (Å²) >= 11 is 0. The van der Waals surface area contributed by atoms with E-state index in [-0.39, 0.29) is 5.91 Å². The first-order valence-electron chi connectivity index (χ1n) is 8.30. The average Bonchev–Trinajstić information content (AvgIpc) is 3.16. The van der Waals surface area contributed by atoms with E-state index < -0.39 is 0 Å². The molecule has 0 aliphatic carbocycles. The highest BCUT2D eigenvalue weighted by Gasteiger charge is 2.10. The molecule has 0 bridgehead atoms. The molecular weight excluding hydrogens is 330 g/mol. The van der Waals surface area contributed by atoms with E-state index in [9.17, 15) is 4.79 Å². The molecule has 0 aliphatic heterocycles. The molecule has 1 amide bonds. The second-order valence-electron chi connectivity index (χ2n) is 5.74. The molecule has 0 saturated heterocycles. The number of nitrogens with one attached hydrogen (secondary N) is 1. The fourth-order valence-electron chi connectivity index (χ4n) is 2.59. The zero-order valence-electron chi connectivity index (χ0n) is 14.8. The standard InChI is InChI=1S/C20H21N3O3/c1-25-17-9-10-19(26-2)18(12-17)22-20(24)11-8-15-13-21-23(14-15)16-6-4-3-5-7-16/h3-7,9-10,12-14H,8,11H2,1-2H3,(H,22,24). The number of hydrogen-bond donors (Lipinski definition) is 1. The van der Waals surface area contributed by atoms with Crippen LogP contribution in [0.15, 0.2) is 60.9 Å². The molecule has 134 valence electrons. The van der Waals surface area contributed by atoms with Crippen LogP contribution in [0, 0.1) is 0 Å². The van der Waals surface area contributed by atoms with Gasteiger partial charge >= 0.3 is 0 Å². The Labute approximate surface area is 152 Å². The predicted molar refractivity (Wildman–Crippen MR) is 100 cm³/mol. The van der Waals surface area contributed by atoms with Crippen molar-refractivity contribution in [2.75, 3.05) is 19.5 Å². The molecule has 0 saturated carbocycles. The van der Waals surface area contributed by atoms with Gasteiger partial charge in [0.15, 0.2) is 0 Å². The summed E-state index contributed by atoms with van der Waals surface area (Å²) in [5, 5.41) is 7.22. The lowest BCUT2D eigenvalue weighted by molar-refractivity contribution is -0.116. The van der Waals surface area contributed by atoms with Crippen molar-refractivity contribution < 1.29 is 14.3 Å². The number of hydrogen-bond acceptors (Lipinski definition) is 4. The number of rotatable bonds is 7. The Bertz CT molecular complexity index is 875. The second-order valence-corrected chi connectivity index (χ2v) is 5.74. The lowest BCUT2D eigenvalue weighted by atomic mass is 10.2. The molecule has 1 aromatic heterocycles. The van der Waals surface area contributed by atoms with Crippen LogP contribution in [0.5, 0.6) is 11.5 Å². The Morgan fingerprint density at radius 2 is 1.92 bits per heavy atom. The number of methoxy groups -OCH3 is 2. The van der Waals surface area contributed by atoms with E-state index in [1.54, 1.807) is 43.3 Å². The van der Waals surface area contributed by atoms with Crippen molar-refractivity contribution in [2.45, 2.75) is 12.8 Å². The molecule has 0 atom stereocenters. The first kappa shape index (κ1) is 17.5. The molecule has 26 heavy (non-hydrogen) atoms. The minimum atomic E-state index is -0.0935. The molecule has 0 fully saturated rings. The summed E-state index contributed by atoms with van der Waals surface area (Å²) in [7, 11) is 3.15. The van der Waals surface area contributed by atoms with Gasteiger partial charge in [-0.1, -0.05) is 18.2 Å². The summed E-state index contributed by atoms with van der Waals surface area (Å²) in [6, 6.07) is 15.1. The predicted octanol–water partition coefficient (Wildman–Crippen LogP) is 3.46. The van der Waals surface area contributed by atoms with E-state index >= 15 is 0 Å². The summed E-state index contributed by atoms with van der Waals surface area (Å²) in [5.41, 5.74) is 2.59. The van der Waals surface area contributed by atoms with Gasteiger partial charge in [0, 0.05) is 18.7 Å². The zero-order chi connectivity index (χ0) is 18.4. The summed E-state index contributed by atoms with van der Waals surface area (Å²) < 4.78 is 12.3. The number of carbonyl (C=O) groups is 1. The van der Waals surface area contributed by atoms with Gasteiger partial charge in [0.1, 0.15) is 11.5 Å². The Balaban J connectivity index is 1.61. The molecule has 3 aromatic rings. The highest BCUT2D eigenvalue weighted by molar-refractivity contribution is 5.92. The van der Waals surface area contributed by atoms with Crippen molar-refractivity contribution in [3.05, 3.63) is 66.5 Å². The third kappa shape index (κ3) is 4.22. The van der Waals surface area contributed by atoms with Crippen LogP contribution in [0.4, 0.5) is 5.69 Å². The minimum Gasteiger partial charge on any atom is -0.497 e. The van der Waals surface area contributed by atoms with Gasteiger partial charge in [-0.15, -0.1) is 0 Å². The van der Waals surface area contributed by atoms with E-state index in [1.165, 1.54) is 0 Å². The number of benzene rings is 2. The Hall–Kier alpha value is -3.28. The smallest absolute Gasteiger partial charge is 0.224 e. The van der Waals surface area contributed by atoms with Crippen molar-refractivity contribution in [2.24, 2.45) is 0 Å². The maximum absolute atomic E-state index is 12.3. The van der Waals surface area contributed by atoms with Crippen LogP contribution in [-0.2, 0) is 11.2 Å². The number of aryl methyl sites for hydroxylation is 1. The van der Waals surface area contributed by atoms with Crippen molar-refractivity contribution in [3.8, 4) is 17.2 Å². The van der Waals surface area contributed by atoms with E-state index in [0.29, 0.717) is 30.0 Å². The van der Waals surface area contributed by atoms with Gasteiger partial charge in [0.2, 0.25) is 5.91 Å². The highest BCUT2D eigenvalue weighted by Crippen LogP contribution is 2.29. The van der Waals surface area contributed by atoms with Gasteiger partial charge in [0.05, 0.1) is 31.8 Å². The van der Waals surface area contributed by atoms with E-state index in [4.69, 9.17) is 9.47 Å². The fraction of sp³-hybridized carbons (Fsp3) is 0.200. The Morgan fingerprint density at radius 3 is 2.65 bits per heavy atom. The molecule has 1 heterocycles. The molecule has 2 aromatic carbocycles. The number of anilines is 1. The highest BCUT2D eigenvalue weighted by atomic mass is 16.5. The van der Waals surface area contributed by atoms with Crippen molar-refractivity contribution in [1.82, 2.24) is 9.78 Å². The first-order valence-corrected chi connectivity index (χ1v) is 8.30. The van der Waals surface area contributed by atoms with E-state index in [0.717, 1.165) is 11.3 Å². The van der Waals surface area contributed by atoms with E-state index in [1.807, 2.05) is 36.5 Å². The Kier molecular flexibility index (Phi) is 5.53. The summed E-state index contributed by atoms with van der Waals surface area (Å²) in [4.78, 5) is 12.3. The molecular formula is C20H21N3O3. The van der Waals surface area contributed by atoms with Crippen LogP contribution in [0.1, 0.15) is 12.0 Å². The minimum absolute atomic E-state index is 0.0935. The summed E-state index contributed by atoms with van der Waals surface area (Å²) in [6.45, 7) is 0. The van der Waals surface area contributed by atoms with Gasteiger partial charge in [-0.05, 0) is 36.2 Å². The number of aromatic nitrogens is 2. The molecule has 3 rings (SSSR count). The number of nitrogens with zero attached hydrogens (tertiary/aromatic N) is 2. The summed E-state index contributed by atoms with van der Waals surface area (Å²) in [6.07, 6.45) is 4.67. The molecule has 6 heteroatoms. The summed E-state index contributed by atoms with van der Waals surface area (Å²) in [5.74, 6) is 1.16. The molecule has 0 unspecified atom stereocenters. The number of carbonyl (C=O) groups excluding carboxylic acids is 1. The Morgan fingerprint density at radius 1 is 1.12 bits per heavy atom. The number of para-hydroxylation sites is 1. The first-order chi connectivity index (χ1) is 12.7. The van der Waals surface area contributed by atoms with Crippen LogP contribution in [0.2, 0.25) is 0 Å². The third-order valence-corrected chi connectivity index (χ3v) is 3.98. The number of ether oxygens (including phenoxy) is 2. The topological polar surface area (TPSA) is 65.4 Å². The molecule has 0 radical (unpaired) electrons. The van der Waals surface area contributed by atoms with E-state index in [2.05, 4.69) is 10.4 Å². The normalized spacial score (nSPS) is 10.4. The molecule has 0 spiro atoms. The average molecular weight is 351 g/mol. The van der Waals surface area contributed by atoms with Crippen molar-refractivity contribution in [3.63, 3.8) is 0 Å². The van der Waals surface area contributed by atoms with Crippen LogP contribution in [0.25, 0.3) is 5.69 Å². The molecule has 1 N–H and O–H groups in total. The third-order valence-electron chi connectivity index (χ3n) is 3.98. The monoisotopic (exact) mass is 351 g/mol. The quantitative estimate of drug-likeness (QED) is 0.708. The molecule has 6 nitrogen and oxygen atoms in total. The largest absolute Gasteiger partial charge is 0.497 e. The maximum Gasteiger partial charge on any atom is 0.224 e. The lowest BCUT2D eigenvalue weighted by Gasteiger charge is -2.11. The van der Waals surface area contributed by atoms with Gasteiger partial charge in [-0.3, -0.25) is 4.79 Å². The van der Waals surface area contributed by atoms with Crippen LogP contribution >= 0.6 is 0 Å². The van der Waals surface area contributed by atoms with Gasteiger partial charge in [-0.25, -0.2) is 4.68 Å². The lowest BCUT2D eigenvalue weighted by Crippen LogP contribution is -2.13. The molecule has 0 aliphatic rings. The van der Waals surface area contributed by atoms with Crippen molar-refractivity contribution >= 4 is 11.6 Å². The van der Waals surface area contributed by atoms with Gasteiger partial charge < -0.3 is 14.8 Å². The fourth-order valence-corrected chi connectivity index (χ4v) is 2.59. The maximum atomic E-state index is 12.3. The van der Waals surface area contributed by atoms with Crippen molar-refractivity contribution in [1.29, 1.82) is 0 Å². The SMILES string of the molecule is COc1ccc(OC)c(NC(=O)CCc2cnn(-c3ccccc3)c2)c1. The second kappa shape index (κ2) is 8.20. The van der Waals surface area contributed by atoms with Crippen LogP contribution in [-0.4, -0.2) is 29.9 Å². The van der Waals surface area contributed by atoms with Crippen LogP contribution in [0.3, 0.4) is 0 Å². The van der Waals surface area contributed by atoms with Crippen LogP contribution < -0.4 is 14.8 Å².